The van der Waals surface area contributed by atoms with Gasteiger partial charge in [-0.05, 0) is 25.1 Å². The Bertz CT molecular complexity index is 711. The molecule has 2 aromatic rings. The minimum absolute atomic E-state index is 0.159. The lowest BCUT2D eigenvalue weighted by molar-refractivity contribution is -0.113. The minimum atomic E-state index is -3.82. The zero-order chi connectivity index (χ0) is 14.0. The number of carbonyl (C=O) groups excluding carboxylic acids is 1. The molecule has 19 heavy (non-hydrogen) atoms. The van der Waals surface area contributed by atoms with Crippen molar-refractivity contribution in [3.63, 3.8) is 0 Å². The van der Waals surface area contributed by atoms with Gasteiger partial charge in [-0.1, -0.05) is 0 Å². The van der Waals surface area contributed by atoms with E-state index in [1.54, 1.807) is 25.1 Å². The van der Waals surface area contributed by atoms with E-state index >= 15 is 0 Å². The maximum Gasteiger partial charge on any atom is 0.265 e. The number of rotatable bonds is 5. The SMILES string of the molecule is CCON(C=O)c1ccc2nc(S(N)(=O)=O)sc2c1. The van der Waals surface area contributed by atoms with E-state index in [0.717, 1.165) is 16.4 Å². The molecule has 2 N–H and O–H groups in total. The molecule has 0 bridgehead atoms. The maximum atomic E-state index is 11.2. The van der Waals surface area contributed by atoms with Crippen LogP contribution >= 0.6 is 11.3 Å². The molecule has 2 rings (SSSR count). The number of aromatic nitrogens is 1. The van der Waals surface area contributed by atoms with Crippen molar-refractivity contribution in [3.8, 4) is 0 Å². The van der Waals surface area contributed by atoms with Crippen molar-refractivity contribution in [2.45, 2.75) is 11.3 Å². The van der Waals surface area contributed by atoms with Gasteiger partial charge in [-0.2, -0.15) is 5.06 Å². The summed E-state index contributed by atoms with van der Waals surface area (Å²) in [6, 6.07) is 4.83. The lowest BCUT2D eigenvalue weighted by Gasteiger charge is -2.15. The Morgan fingerprint density at radius 2 is 2.26 bits per heavy atom. The van der Waals surface area contributed by atoms with Crippen LogP contribution in [-0.2, 0) is 19.7 Å². The summed E-state index contributed by atoms with van der Waals surface area (Å²) in [5.74, 6) is 0. The molecule has 0 spiro atoms. The molecule has 1 amide bonds. The van der Waals surface area contributed by atoms with Crippen molar-refractivity contribution >= 4 is 43.7 Å². The van der Waals surface area contributed by atoms with Crippen molar-refractivity contribution < 1.29 is 18.0 Å². The summed E-state index contributed by atoms with van der Waals surface area (Å²) in [4.78, 5) is 19.9. The zero-order valence-corrected chi connectivity index (χ0v) is 11.6. The molecular formula is C10H11N3O4S2. The summed E-state index contributed by atoms with van der Waals surface area (Å²) >= 11 is 0.942. The number of hydrogen-bond donors (Lipinski definition) is 1. The normalized spacial score (nSPS) is 11.7. The van der Waals surface area contributed by atoms with Crippen LogP contribution in [-0.4, -0.2) is 26.4 Å². The summed E-state index contributed by atoms with van der Waals surface area (Å²) in [7, 11) is -3.82. The van der Waals surface area contributed by atoms with Crippen molar-refractivity contribution in [1.29, 1.82) is 0 Å². The van der Waals surface area contributed by atoms with Crippen LogP contribution < -0.4 is 10.2 Å². The van der Waals surface area contributed by atoms with Gasteiger partial charge in [-0.15, -0.1) is 11.3 Å². The van der Waals surface area contributed by atoms with E-state index in [0.29, 0.717) is 28.9 Å². The number of amides is 1. The summed E-state index contributed by atoms with van der Waals surface area (Å²) < 4.78 is 22.9. The number of nitrogens with zero attached hydrogens (tertiary/aromatic N) is 2. The van der Waals surface area contributed by atoms with Gasteiger partial charge < -0.3 is 0 Å². The van der Waals surface area contributed by atoms with Crippen LogP contribution in [0.4, 0.5) is 5.69 Å². The third-order valence-electron chi connectivity index (χ3n) is 2.21. The minimum Gasteiger partial charge on any atom is -0.276 e. The molecule has 7 nitrogen and oxygen atoms in total. The molecule has 0 fully saturated rings. The van der Waals surface area contributed by atoms with Gasteiger partial charge in [0.05, 0.1) is 22.5 Å². The van der Waals surface area contributed by atoms with Crippen molar-refractivity contribution in [2.75, 3.05) is 11.7 Å². The number of sulfonamides is 1. The van der Waals surface area contributed by atoms with E-state index in [1.807, 2.05) is 0 Å². The summed E-state index contributed by atoms with van der Waals surface area (Å²) in [5, 5.41) is 6.09. The van der Waals surface area contributed by atoms with Gasteiger partial charge in [-0.25, -0.2) is 18.5 Å². The molecule has 0 aliphatic heterocycles. The number of fused-ring (bicyclic) bond motifs is 1. The Morgan fingerprint density at radius 1 is 1.53 bits per heavy atom. The van der Waals surface area contributed by atoms with E-state index < -0.39 is 10.0 Å². The van der Waals surface area contributed by atoms with Crippen LogP contribution in [0.1, 0.15) is 6.92 Å². The van der Waals surface area contributed by atoms with Gasteiger partial charge >= 0.3 is 0 Å². The molecule has 0 saturated carbocycles. The summed E-state index contributed by atoms with van der Waals surface area (Å²) in [6.07, 6.45) is 0.534. The smallest absolute Gasteiger partial charge is 0.265 e. The number of primary sulfonamides is 1. The highest BCUT2D eigenvalue weighted by molar-refractivity contribution is 7.91. The van der Waals surface area contributed by atoms with Crippen LogP contribution in [0.2, 0.25) is 0 Å². The number of hydrogen-bond acceptors (Lipinski definition) is 6. The van der Waals surface area contributed by atoms with Gasteiger partial charge in [-0.3, -0.25) is 9.63 Å². The molecule has 1 aromatic carbocycles. The first-order valence-electron chi connectivity index (χ1n) is 5.26. The van der Waals surface area contributed by atoms with Crippen molar-refractivity contribution in [1.82, 2.24) is 4.98 Å². The standard InChI is InChI=1S/C10H11N3O4S2/c1-2-17-13(6-14)7-3-4-8-9(5-7)18-10(12-8)19(11,15)16/h3-6H,2H2,1H3,(H2,11,15,16). The van der Waals surface area contributed by atoms with Crippen molar-refractivity contribution in [3.05, 3.63) is 18.2 Å². The predicted molar refractivity (Wildman–Crippen MR) is 71.2 cm³/mol. The average Bonchev–Trinajstić information content (AvgIpc) is 2.78. The first kappa shape index (κ1) is 13.9. The van der Waals surface area contributed by atoms with Crippen LogP contribution in [0.3, 0.4) is 0 Å². The molecule has 0 unspecified atom stereocenters. The second kappa shape index (κ2) is 5.21. The lowest BCUT2D eigenvalue weighted by atomic mass is 10.3. The van der Waals surface area contributed by atoms with Gasteiger partial charge in [0.2, 0.25) is 10.7 Å². The predicted octanol–water partition coefficient (Wildman–Crippen LogP) is 0.858. The van der Waals surface area contributed by atoms with Gasteiger partial charge in [0, 0.05) is 0 Å². The number of anilines is 1. The number of benzene rings is 1. The third-order valence-corrected chi connectivity index (χ3v) is 4.55. The Hall–Kier alpha value is -1.55. The fraction of sp³-hybridized carbons (Fsp3) is 0.200. The molecule has 1 heterocycles. The van der Waals surface area contributed by atoms with Gasteiger partial charge in [0.1, 0.15) is 0 Å². The molecule has 1 aromatic heterocycles. The first-order chi connectivity index (χ1) is 8.95. The second-order valence-electron chi connectivity index (χ2n) is 3.53. The molecular weight excluding hydrogens is 290 g/mol. The molecule has 0 saturated heterocycles. The second-order valence-corrected chi connectivity index (χ2v) is 6.29. The Labute approximate surface area is 113 Å². The Balaban J connectivity index is 2.48. The molecule has 9 heteroatoms. The maximum absolute atomic E-state index is 11.2. The monoisotopic (exact) mass is 301 g/mol. The highest BCUT2D eigenvalue weighted by atomic mass is 32.2. The van der Waals surface area contributed by atoms with E-state index in [2.05, 4.69) is 4.98 Å². The van der Waals surface area contributed by atoms with Crippen molar-refractivity contribution in [2.24, 2.45) is 5.14 Å². The average molecular weight is 301 g/mol. The van der Waals surface area contributed by atoms with E-state index in [4.69, 9.17) is 9.98 Å². The molecule has 0 aliphatic rings. The number of thiazole rings is 1. The Kier molecular flexibility index (Phi) is 3.80. The quantitative estimate of drug-likeness (QED) is 0.651. The Morgan fingerprint density at radius 3 is 2.84 bits per heavy atom. The van der Waals surface area contributed by atoms with E-state index in [9.17, 15) is 13.2 Å². The number of carbonyl (C=O) groups is 1. The number of nitrogens with two attached hydrogens (primary N) is 1. The highest BCUT2D eigenvalue weighted by Crippen LogP contribution is 2.28. The largest absolute Gasteiger partial charge is 0.276 e. The zero-order valence-electron chi connectivity index (χ0n) is 9.94. The molecule has 0 atom stereocenters. The summed E-state index contributed by atoms with van der Waals surface area (Å²) in [5.41, 5.74) is 0.995. The van der Waals surface area contributed by atoms with Gasteiger partial charge in [0.15, 0.2) is 0 Å². The van der Waals surface area contributed by atoms with E-state index in [-0.39, 0.29) is 4.34 Å². The van der Waals surface area contributed by atoms with Crippen LogP contribution in [0.15, 0.2) is 22.5 Å². The molecule has 0 radical (unpaired) electrons. The lowest BCUT2D eigenvalue weighted by Crippen LogP contribution is -2.21. The van der Waals surface area contributed by atoms with Crippen LogP contribution in [0, 0.1) is 0 Å². The third kappa shape index (κ3) is 2.89. The highest BCUT2D eigenvalue weighted by Gasteiger charge is 2.15. The van der Waals surface area contributed by atoms with Crippen LogP contribution in [0.25, 0.3) is 10.2 Å². The first-order valence-corrected chi connectivity index (χ1v) is 7.63. The fourth-order valence-corrected chi connectivity index (χ4v) is 3.15. The van der Waals surface area contributed by atoms with Crippen LogP contribution in [0.5, 0.6) is 0 Å². The molecule has 102 valence electrons. The number of hydroxylamine groups is 1. The molecule has 0 aliphatic carbocycles. The van der Waals surface area contributed by atoms with Gasteiger partial charge in [0.25, 0.3) is 10.0 Å². The topological polar surface area (TPSA) is 103 Å². The van der Waals surface area contributed by atoms with E-state index in [1.165, 1.54) is 0 Å². The fourth-order valence-electron chi connectivity index (χ4n) is 1.46. The summed E-state index contributed by atoms with van der Waals surface area (Å²) in [6.45, 7) is 2.09.